The average molecular weight is 457 g/mol. The van der Waals surface area contributed by atoms with Crippen LogP contribution in [-0.2, 0) is 6.54 Å². The molecule has 0 saturated heterocycles. The van der Waals surface area contributed by atoms with Gasteiger partial charge in [0.25, 0.3) is 0 Å². The van der Waals surface area contributed by atoms with Crippen molar-refractivity contribution in [3.8, 4) is 0 Å². The Morgan fingerprint density at radius 2 is 2.04 bits per heavy atom. The number of fused-ring (bicyclic) bond motifs is 1. The van der Waals surface area contributed by atoms with E-state index in [0.717, 1.165) is 23.7 Å². The molecule has 1 unspecified atom stereocenters. The highest BCUT2D eigenvalue weighted by Gasteiger charge is 2.13. The number of guanidine groups is 1. The normalized spacial score (nSPS) is 13.4. The molecule has 2 rings (SSSR count). The molecule has 0 aromatic carbocycles. The summed E-state index contributed by atoms with van der Waals surface area (Å²) in [5, 5.41) is 6.82. The number of halogens is 1. The number of rotatable bonds is 5. The van der Waals surface area contributed by atoms with Crippen LogP contribution in [0.1, 0.15) is 51.9 Å². The van der Waals surface area contributed by atoms with Crippen LogP contribution in [-0.4, -0.2) is 28.4 Å². The van der Waals surface area contributed by atoms with Crippen LogP contribution in [0.15, 0.2) is 29.4 Å². The first-order valence-corrected chi connectivity index (χ1v) is 8.69. The zero-order valence-corrected chi connectivity index (χ0v) is 18.6. The van der Waals surface area contributed by atoms with Gasteiger partial charge in [0.1, 0.15) is 5.65 Å². The monoisotopic (exact) mass is 457 g/mol. The summed E-state index contributed by atoms with van der Waals surface area (Å²) in [6.45, 7) is 11.8. The van der Waals surface area contributed by atoms with E-state index in [1.54, 1.807) is 7.05 Å². The van der Waals surface area contributed by atoms with Crippen LogP contribution in [0.3, 0.4) is 0 Å². The number of pyridine rings is 1. The van der Waals surface area contributed by atoms with Crippen LogP contribution in [0, 0.1) is 12.3 Å². The minimum absolute atomic E-state index is 0. The number of nitrogens with zero attached hydrogens (tertiary/aromatic N) is 3. The zero-order valence-electron chi connectivity index (χ0n) is 16.3. The van der Waals surface area contributed by atoms with E-state index in [0.29, 0.717) is 18.0 Å². The van der Waals surface area contributed by atoms with Crippen LogP contribution in [0.25, 0.3) is 5.65 Å². The summed E-state index contributed by atoms with van der Waals surface area (Å²) in [7, 11) is 1.81. The van der Waals surface area contributed by atoms with Gasteiger partial charge in [0.05, 0.1) is 12.2 Å². The molecule has 0 aliphatic carbocycles. The number of aryl methyl sites for hydroxylation is 1. The van der Waals surface area contributed by atoms with E-state index in [1.165, 1.54) is 12.1 Å². The molecule has 0 amide bonds. The predicted octanol–water partition coefficient (Wildman–Crippen LogP) is 4.14. The molecule has 5 nitrogen and oxygen atoms in total. The van der Waals surface area contributed by atoms with Crippen molar-refractivity contribution in [2.24, 2.45) is 10.4 Å². The van der Waals surface area contributed by atoms with E-state index in [1.807, 2.05) is 12.1 Å². The van der Waals surface area contributed by atoms with Gasteiger partial charge in [-0.25, -0.2) is 4.98 Å². The summed E-state index contributed by atoms with van der Waals surface area (Å²) in [5.74, 6) is 0.824. The summed E-state index contributed by atoms with van der Waals surface area (Å²) < 4.78 is 2.11. The minimum atomic E-state index is 0. The number of hydrogen-bond acceptors (Lipinski definition) is 2. The molecule has 0 fully saturated rings. The van der Waals surface area contributed by atoms with Gasteiger partial charge >= 0.3 is 0 Å². The molecule has 140 valence electrons. The molecule has 0 radical (unpaired) electrons. The smallest absolute Gasteiger partial charge is 0.191 e. The molecular weight excluding hydrogens is 425 g/mol. The lowest BCUT2D eigenvalue weighted by molar-refractivity contribution is 0.346. The maximum Gasteiger partial charge on any atom is 0.191 e. The van der Waals surface area contributed by atoms with Gasteiger partial charge in [-0.15, -0.1) is 24.0 Å². The summed E-state index contributed by atoms with van der Waals surface area (Å²) in [6.07, 6.45) is 4.38. The fourth-order valence-corrected chi connectivity index (χ4v) is 2.61. The zero-order chi connectivity index (χ0) is 17.7. The Labute approximate surface area is 168 Å². The third-order valence-corrected chi connectivity index (χ3v) is 4.12. The van der Waals surface area contributed by atoms with E-state index < -0.39 is 0 Å². The summed E-state index contributed by atoms with van der Waals surface area (Å²) in [5.41, 5.74) is 3.54. The molecule has 2 heterocycles. The molecule has 0 bridgehead atoms. The Hall–Kier alpha value is -1.31. The Balaban J connectivity index is 0.00000312. The molecule has 2 aromatic rings. The number of aliphatic imine (C=N–C) groups is 1. The van der Waals surface area contributed by atoms with E-state index in [-0.39, 0.29) is 24.0 Å². The van der Waals surface area contributed by atoms with Gasteiger partial charge in [0.15, 0.2) is 5.96 Å². The van der Waals surface area contributed by atoms with Crippen molar-refractivity contribution in [1.82, 2.24) is 20.0 Å². The molecule has 0 aliphatic heterocycles. The lowest BCUT2D eigenvalue weighted by atomic mass is 9.89. The van der Waals surface area contributed by atoms with E-state index in [9.17, 15) is 0 Å². The van der Waals surface area contributed by atoms with Gasteiger partial charge in [-0.2, -0.15) is 0 Å². The summed E-state index contributed by atoms with van der Waals surface area (Å²) in [4.78, 5) is 8.96. The molecule has 0 spiro atoms. The summed E-state index contributed by atoms with van der Waals surface area (Å²) >= 11 is 0. The Morgan fingerprint density at radius 1 is 1.32 bits per heavy atom. The first-order valence-electron chi connectivity index (χ1n) is 8.69. The second kappa shape index (κ2) is 9.40. The highest BCUT2D eigenvalue weighted by Crippen LogP contribution is 2.21. The van der Waals surface area contributed by atoms with E-state index in [4.69, 9.17) is 0 Å². The first kappa shape index (κ1) is 21.7. The largest absolute Gasteiger partial charge is 0.354 e. The highest BCUT2D eigenvalue weighted by atomic mass is 127. The van der Waals surface area contributed by atoms with E-state index >= 15 is 0 Å². The number of imidazole rings is 1. The van der Waals surface area contributed by atoms with Crippen molar-refractivity contribution in [3.63, 3.8) is 0 Å². The molecular formula is C19H32IN5. The molecule has 0 saturated carbocycles. The van der Waals surface area contributed by atoms with Gasteiger partial charge in [-0.05, 0) is 44.2 Å². The van der Waals surface area contributed by atoms with Crippen molar-refractivity contribution in [2.75, 3.05) is 7.05 Å². The van der Waals surface area contributed by atoms with Crippen LogP contribution in [0.4, 0.5) is 0 Å². The SMILES string of the molecule is CN=C(NCc1cn2c(C)cccc2n1)NC(C)CCC(C)(C)C.I. The number of nitrogens with one attached hydrogen (secondary N) is 2. The van der Waals surface area contributed by atoms with Crippen molar-refractivity contribution >= 4 is 35.6 Å². The predicted molar refractivity (Wildman–Crippen MR) is 117 cm³/mol. The maximum atomic E-state index is 4.65. The van der Waals surface area contributed by atoms with Crippen LogP contribution in [0.2, 0.25) is 0 Å². The van der Waals surface area contributed by atoms with Crippen molar-refractivity contribution in [3.05, 3.63) is 35.8 Å². The van der Waals surface area contributed by atoms with E-state index in [2.05, 4.69) is 71.9 Å². The van der Waals surface area contributed by atoms with Crippen LogP contribution >= 0.6 is 24.0 Å². The molecule has 6 heteroatoms. The lowest BCUT2D eigenvalue weighted by Gasteiger charge is -2.23. The van der Waals surface area contributed by atoms with Gasteiger partial charge in [-0.3, -0.25) is 4.99 Å². The van der Waals surface area contributed by atoms with Gasteiger partial charge in [0, 0.05) is 25.0 Å². The van der Waals surface area contributed by atoms with Gasteiger partial charge in [-0.1, -0.05) is 26.8 Å². The standard InChI is InChI=1S/C19H31N5.HI/c1-14(10-11-19(3,4)5)22-18(20-6)21-12-16-13-24-15(2)8-7-9-17(24)23-16;/h7-9,13-14H,10-12H2,1-6H3,(H2,20,21,22);1H. The number of hydrogen-bond donors (Lipinski definition) is 2. The molecule has 2 aromatic heterocycles. The topological polar surface area (TPSA) is 53.7 Å². The number of aromatic nitrogens is 2. The lowest BCUT2D eigenvalue weighted by Crippen LogP contribution is -2.42. The second-order valence-electron chi connectivity index (χ2n) is 7.70. The van der Waals surface area contributed by atoms with Crippen LogP contribution < -0.4 is 10.6 Å². The third-order valence-electron chi connectivity index (χ3n) is 4.12. The Kier molecular flexibility index (Phi) is 8.18. The van der Waals surface area contributed by atoms with Crippen molar-refractivity contribution in [2.45, 2.75) is 60.0 Å². The molecule has 25 heavy (non-hydrogen) atoms. The fourth-order valence-electron chi connectivity index (χ4n) is 2.61. The molecule has 2 N–H and O–H groups in total. The maximum absolute atomic E-state index is 4.65. The van der Waals surface area contributed by atoms with Crippen LogP contribution in [0.5, 0.6) is 0 Å². The van der Waals surface area contributed by atoms with Crippen molar-refractivity contribution in [1.29, 1.82) is 0 Å². The second-order valence-corrected chi connectivity index (χ2v) is 7.70. The fraction of sp³-hybridized carbons (Fsp3) is 0.579. The third kappa shape index (κ3) is 6.84. The van der Waals surface area contributed by atoms with Gasteiger partial charge in [0.2, 0.25) is 0 Å². The molecule has 1 atom stereocenters. The Bertz CT molecular complexity index is 699. The quantitative estimate of drug-likeness (QED) is 0.403. The minimum Gasteiger partial charge on any atom is -0.354 e. The van der Waals surface area contributed by atoms with Gasteiger partial charge < -0.3 is 15.0 Å². The Morgan fingerprint density at radius 3 is 2.64 bits per heavy atom. The molecule has 0 aliphatic rings. The van der Waals surface area contributed by atoms with Crippen molar-refractivity contribution < 1.29 is 0 Å². The highest BCUT2D eigenvalue weighted by molar-refractivity contribution is 14.0. The first-order chi connectivity index (χ1) is 11.3. The summed E-state index contributed by atoms with van der Waals surface area (Å²) in [6, 6.07) is 6.53. The average Bonchev–Trinajstić information content (AvgIpc) is 2.93.